The van der Waals surface area contributed by atoms with E-state index < -0.39 is 13.4 Å². The van der Waals surface area contributed by atoms with Crippen LogP contribution >= 0.6 is 7.82 Å². The lowest BCUT2D eigenvalue weighted by Gasteiger charge is -2.26. The van der Waals surface area contributed by atoms with E-state index in [9.17, 15) is 9.46 Å². The third-order valence-corrected chi connectivity index (χ3v) is 3.95. The number of hydrogen-bond donors (Lipinski definition) is 1. The highest BCUT2D eigenvalue weighted by Crippen LogP contribution is 2.48. The van der Waals surface area contributed by atoms with Crippen molar-refractivity contribution in [2.24, 2.45) is 5.92 Å². The lowest BCUT2D eigenvalue weighted by molar-refractivity contribution is 0.0714. The third-order valence-electron chi connectivity index (χ3n) is 2.84. The van der Waals surface area contributed by atoms with E-state index in [0.29, 0.717) is 12.3 Å². The summed E-state index contributed by atoms with van der Waals surface area (Å²) >= 11 is 0. The second-order valence-corrected chi connectivity index (χ2v) is 6.62. The quantitative estimate of drug-likeness (QED) is 0.419. The summed E-state index contributed by atoms with van der Waals surface area (Å²) in [6.45, 7) is 11.1. The molecule has 2 atom stereocenters. The van der Waals surface area contributed by atoms with E-state index in [0.717, 1.165) is 12.8 Å². The summed E-state index contributed by atoms with van der Waals surface area (Å²) in [7, 11) is -4.14. The van der Waals surface area contributed by atoms with Crippen LogP contribution in [-0.4, -0.2) is 17.1 Å². The lowest BCUT2D eigenvalue weighted by atomic mass is 10.1. The van der Waals surface area contributed by atoms with Crippen molar-refractivity contribution in [2.45, 2.75) is 52.6 Å². The Kier molecular flexibility index (Phi) is 9.34. The van der Waals surface area contributed by atoms with Crippen LogP contribution in [0.15, 0.2) is 12.7 Å². The predicted molar refractivity (Wildman–Crippen MR) is 85.4 cm³/mol. The van der Waals surface area contributed by atoms with Gasteiger partial charge in [0, 0.05) is 6.42 Å². The molecule has 0 aromatic carbocycles. The first-order chi connectivity index (χ1) is 9.74. The van der Waals surface area contributed by atoms with E-state index in [1.54, 1.807) is 6.92 Å². The van der Waals surface area contributed by atoms with E-state index in [-0.39, 0.29) is 6.61 Å². The highest BCUT2D eigenvalue weighted by Gasteiger charge is 2.31. The Bertz CT molecular complexity index is 490. The van der Waals surface area contributed by atoms with Crippen molar-refractivity contribution in [2.75, 3.05) is 6.61 Å². The summed E-state index contributed by atoms with van der Waals surface area (Å²) in [5.74, 6) is 11.4. The Morgan fingerprint density at radius 3 is 2.52 bits per heavy atom. The molecule has 0 rings (SSSR count). The van der Waals surface area contributed by atoms with Crippen LogP contribution in [0, 0.1) is 29.6 Å². The van der Waals surface area contributed by atoms with Gasteiger partial charge in [-0.25, -0.2) is 4.57 Å². The average molecular weight is 312 g/mol. The lowest BCUT2D eigenvalue weighted by Crippen LogP contribution is -2.23. The summed E-state index contributed by atoms with van der Waals surface area (Å²) in [5.41, 5.74) is -0.894. The molecule has 0 aliphatic carbocycles. The van der Waals surface area contributed by atoms with Crippen molar-refractivity contribution in [3.63, 3.8) is 0 Å². The van der Waals surface area contributed by atoms with Gasteiger partial charge >= 0.3 is 7.82 Å². The van der Waals surface area contributed by atoms with Crippen molar-refractivity contribution in [1.29, 1.82) is 0 Å². The van der Waals surface area contributed by atoms with Crippen molar-refractivity contribution >= 4 is 7.82 Å². The second-order valence-electron chi connectivity index (χ2n) is 5.24. The van der Waals surface area contributed by atoms with Gasteiger partial charge in [-0.05, 0) is 37.5 Å². The predicted octanol–water partition coefficient (Wildman–Crippen LogP) is 3.92. The first-order valence-electron chi connectivity index (χ1n) is 7.02. The Morgan fingerprint density at radius 1 is 1.38 bits per heavy atom. The van der Waals surface area contributed by atoms with Crippen LogP contribution < -0.4 is 0 Å². The van der Waals surface area contributed by atoms with Gasteiger partial charge in [-0.1, -0.05) is 38.7 Å². The Hall–Kier alpha value is -1.03. The van der Waals surface area contributed by atoms with Gasteiger partial charge in [0.2, 0.25) is 0 Å². The molecular formula is C16H25O4P. The minimum absolute atomic E-state index is 0.205. The van der Waals surface area contributed by atoms with E-state index in [2.05, 4.69) is 44.1 Å². The average Bonchev–Trinajstić information content (AvgIpc) is 2.40. The maximum absolute atomic E-state index is 11.7. The molecule has 0 amide bonds. The van der Waals surface area contributed by atoms with Crippen LogP contribution in [-0.2, 0) is 13.6 Å². The number of rotatable bonds is 8. The summed E-state index contributed by atoms with van der Waals surface area (Å²) in [4.78, 5) is 9.57. The van der Waals surface area contributed by atoms with Crippen LogP contribution in [0.1, 0.15) is 47.0 Å². The molecule has 21 heavy (non-hydrogen) atoms. The van der Waals surface area contributed by atoms with Crippen molar-refractivity contribution < 1.29 is 18.5 Å². The Morgan fingerprint density at radius 2 is 2.00 bits per heavy atom. The molecule has 1 N–H and O–H groups in total. The summed E-state index contributed by atoms with van der Waals surface area (Å²) < 4.78 is 21.6. The molecule has 0 aliphatic rings. The maximum atomic E-state index is 11.7. The molecule has 118 valence electrons. The fraction of sp³-hybridized carbons (Fsp3) is 0.625. The van der Waals surface area contributed by atoms with Gasteiger partial charge in [-0.2, -0.15) is 0 Å². The Balaban J connectivity index is 4.22. The fourth-order valence-electron chi connectivity index (χ4n) is 1.20. The standard InChI is InChI=1S/C16H25O4P/c1-6-16(5,7-2)20-21(17,18)19-14-12-10-8-9-11-13-15(3)4/h6,15H,1,7,11,13-14H2,2-5H3,(H,17,18). The SMILES string of the molecule is C=CC(C)(CC)OP(=O)(O)OCC#CC#CCCC(C)C. The second kappa shape index (κ2) is 9.82. The molecular weight excluding hydrogens is 287 g/mol. The molecule has 0 saturated heterocycles. The molecule has 0 spiro atoms. The zero-order chi connectivity index (χ0) is 16.4. The minimum Gasteiger partial charge on any atom is -0.302 e. The normalized spacial score (nSPS) is 15.9. The van der Waals surface area contributed by atoms with Crippen LogP contribution in [0.25, 0.3) is 0 Å². The number of phosphoric ester groups is 1. The molecule has 0 aliphatic heterocycles. The van der Waals surface area contributed by atoms with Crippen molar-refractivity contribution in [1.82, 2.24) is 0 Å². The maximum Gasteiger partial charge on any atom is 0.473 e. The van der Waals surface area contributed by atoms with Crippen LogP contribution in [0.4, 0.5) is 0 Å². The Labute approximate surface area is 128 Å². The molecule has 0 aromatic rings. The molecule has 0 saturated carbocycles. The first kappa shape index (κ1) is 20.0. The van der Waals surface area contributed by atoms with Crippen LogP contribution in [0.5, 0.6) is 0 Å². The topological polar surface area (TPSA) is 55.8 Å². The summed E-state index contributed by atoms with van der Waals surface area (Å²) in [6, 6.07) is 0. The highest BCUT2D eigenvalue weighted by molar-refractivity contribution is 7.47. The van der Waals surface area contributed by atoms with Crippen LogP contribution in [0.2, 0.25) is 0 Å². The van der Waals surface area contributed by atoms with Gasteiger partial charge < -0.3 is 4.89 Å². The number of hydrogen-bond acceptors (Lipinski definition) is 3. The molecule has 0 fully saturated rings. The van der Waals surface area contributed by atoms with Gasteiger partial charge in [0.1, 0.15) is 6.61 Å². The van der Waals surface area contributed by atoms with E-state index in [4.69, 9.17) is 9.05 Å². The minimum atomic E-state index is -4.14. The molecule has 0 aromatic heterocycles. The third kappa shape index (κ3) is 10.4. The van der Waals surface area contributed by atoms with Crippen LogP contribution in [0.3, 0.4) is 0 Å². The number of phosphoric acid groups is 1. The molecule has 5 heteroatoms. The summed E-state index contributed by atoms with van der Waals surface area (Å²) in [5, 5.41) is 0. The van der Waals surface area contributed by atoms with Gasteiger partial charge in [0.05, 0.1) is 5.60 Å². The molecule has 4 nitrogen and oxygen atoms in total. The zero-order valence-corrected chi connectivity index (χ0v) is 14.2. The molecule has 0 heterocycles. The molecule has 2 unspecified atom stereocenters. The van der Waals surface area contributed by atoms with Gasteiger partial charge in [0.25, 0.3) is 0 Å². The highest BCUT2D eigenvalue weighted by atomic mass is 31.2. The monoisotopic (exact) mass is 312 g/mol. The van der Waals surface area contributed by atoms with Gasteiger partial charge in [0.15, 0.2) is 0 Å². The van der Waals surface area contributed by atoms with Crippen molar-refractivity contribution in [3.05, 3.63) is 12.7 Å². The largest absolute Gasteiger partial charge is 0.473 e. The smallest absolute Gasteiger partial charge is 0.302 e. The van der Waals surface area contributed by atoms with Crippen molar-refractivity contribution in [3.8, 4) is 23.7 Å². The van der Waals surface area contributed by atoms with Gasteiger partial charge in [-0.15, -0.1) is 6.58 Å². The van der Waals surface area contributed by atoms with E-state index in [1.807, 2.05) is 6.92 Å². The van der Waals surface area contributed by atoms with E-state index in [1.165, 1.54) is 6.08 Å². The molecule has 0 radical (unpaired) electrons. The fourth-order valence-corrected chi connectivity index (χ4v) is 2.21. The van der Waals surface area contributed by atoms with E-state index >= 15 is 0 Å². The zero-order valence-electron chi connectivity index (χ0n) is 13.3. The van der Waals surface area contributed by atoms with Gasteiger partial charge in [-0.3, -0.25) is 9.05 Å². The summed E-state index contributed by atoms with van der Waals surface area (Å²) in [6.07, 6.45) is 3.81. The molecule has 0 bridgehead atoms. The first-order valence-corrected chi connectivity index (χ1v) is 8.51.